The largest absolute Gasteiger partial charge is 0.381 e. The molecule has 0 amide bonds. The van der Waals surface area contributed by atoms with Crippen molar-refractivity contribution < 1.29 is 8.78 Å². The van der Waals surface area contributed by atoms with Gasteiger partial charge in [0.2, 0.25) is 0 Å². The van der Waals surface area contributed by atoms with E-state index in [1.165, 1.54) is 12.1 Å². The third kappa shape index (κ3) is 3.67. The Balaban J connectivity index is 2.08. The molecule has 0 aliphatic rings. The van der Waals surface area contributed by atoms with Crippen LogP contribution in [0.2, 0.25) is 5.02 Å². The molecule has 0 aliphatic carbocycles. The summed E-state index contributed by atoms with van der Waals surface area (Å²) in [5.74, 6) is 0. The highest BCUT2D eigenvalue weighted by Gasteiger charge is 2.07. The van der Waals surface area contributed by atoms with Crippen LogP contribution in [-0.4, -0.2) is 0 Å². The molecule has 0 aromatic heterocycles. The van der Waals surface area contributed by atoms with Crippen LogP contribution in [0, 0.1) is 6.92 Å². The van der Waals surface area contributed by atoms with E-state index in [9.17, 15) is 8.78 Å². The van der Waals surface area contributed by atoms with Gasteiger partial charge in [0.25, 0.3) is 6.43 Å². The summed E-state index contributed by atoms with van der Waals surface area (Å²) in [6, 6.07) is 12.0. The van der Waals surface area contributed by atoms with Gasteiger partial charge in [0, 0.05) is 22.8 Å². The first-order valence-electron chi connectivity index (χ1n) is 5.93. The van der Waals surface area contributed by atoms with Crippen molar-refractivity contribution in [2.45, 2.75) is 19.9 Å². The molecule has 0 fully saturated rings. The van der Waals surface area contributed by atoms with Gasteiger partial charge in [0.1, 0.15) is 0 Å². The van der Waals surface area contributed by atoms with Crippen LogP contribution < -0.4 is 5.32 Å². The first kappa shape index (κ1) is 13.8. The second kappa shape index (κ2) is 6.02. The normalized spacial score (nSPS) is 10.8. The smallest absolute Gasteiger partial charge is 0.263 e. The maximum Gasteiger partial charge on any atom is 0.263 e. The molecule has 0 bridgehead atoms. The molecule has 2 aromatic carbocycles. The van der Waals surface area contributed by atoms with Crippen molar-refractivity contribution >= 4 is 17.3 Å². The predicted molar refractivity (Wildman–Crippen MR) is 74.9 cm³/mol. The monoisotopic (exact) mass is 281 g/mol. The Labute approximate surface area is 116 Å². The van der Waals surface area contributed by atoms with E-state index in [2.05, 4.69) is 5.32 Å². The Kier molecular flexibility index (Phi) is 4.38. The van der Waals surface area contributed by atoms with E-state index >= 15 is 0 Å². The van der Waals surface area contributed by atoms with E-state index in [-0.39, 0.29) is 5.56 Å². The third-order valence-corrected chi connectivity index (χ3v) is 3.11. The van der Waals surface area contributed by atoms with Crippen LogP contribution in [0.15, 0.2) is 42.5 Å². The lowest BCUT2D eigenvalue weighted by Crippen LogP contribution is -2.01. The average Bonchev–Trinajstić information content (AvgIpc) is 2.38. The molecule has 0 spiro atoms. The first-order valence-corrected chi connectivity index (χ1v) is 6.31. The number of alkyl halides is 2. The van der Waals surface area contributed by atoms with Gasteiger partial charge in [-0.3, -0.25) is 0 Å². The zero-order valence-electron chi connectivity index (χ0n) is 10.5. The zero-order valence-corrected chi connectivity index (χ0v) is 11.2. The maximum atomic E-state index is 12.6. The summed E-state index contributed by atoms with van der Waals surface area (Å²) in [5.41, 5.74) is 2.85. The van der Waals surface area contributed by atoms with Gasteiger partial charge in [-0.05, 0) is 42.3 Å². The first-order chi connectivity index (χ1) is 9.06. The van der Waals surface area contributed by atoms with E-state index in [1.807, 2.05) is 25.1 Å². The number of rotatable bonds is 4. The van der Waals surface area contributed by atoms with Crippen LogP contribution in [-0.2, 0) is 6.54 Å². The van der Waals surface area contributed by atoms with E-state index in [0.29, 0.717) is 11.6 Å². The summed E-state index contributed by atoms with van der Waals surface area (Å²) in [6.45, 7) is 2.45. The minimum atomic E-state index is -2.43. The SMILES string of the molecule is Cc1cc(Cl)ccc1NCc1cccc(C(F)F)c1. The lowest BCUT2D eigenvalue weighted by Gasteiger charge is -2.10. The fraction of sp³-hybridized carbons (Fsp3) is 0.200. The molecule has 0 radical (unpaired) electrons. The fourth-order valence-electron chi connectivity index (χ4n) is 1.86. The molecule has 0 saturated heterocycles. The minimum absolute atomic E-state index is 0.0483. The molecule has 2 rings (SSSR count). The summed E-state index contributed by atoms with van der Waals surface area (Å²) >= 11 is 5.88. The van der Waals surface area contributed by atoms with Gasteiger partial charge in [-0.1, -0.05) is 29.8 Å². The van der Waals surface area contributed by atoms with Crippen LogP contribution in [0.1, 0.15) is 23.1 Å². The van der Waals surface area contributed by atoms with Crippen molar-refractivity contribution in [2.24, 2.45) is 0 Å². The van der Waals surface area contributed by atoms with Gasteiger partial charge in [-0.25, -0.2) is 8.78 Å². The number of nitrogens with one attached hydrogen (secondary N) is 1. The quantitative estimate of drug-likeness (QED) is 0.812. The molecular formula is C15H14ClF2N. The molecule has 100 valence electrons. The highest BCUT2D eigenvalue weighted by Crippen LogP contribution is 2.22. The molecule has 4 heteroatoms. The molecule has 0 unspecified atom stereocenters. The van der Waals surface area contributed by atoms with Crippen molar-refractivity contribution in [3.05, 3.63) is 64.2 Å². The van der Waals surface area contributed by atoms with Crippen molar-refractivity contribution in [2.75, 3.05) is 5.32 Å². The summed E-state index contributed by atoms with van der Waals surface area (Å²) in [6.07, 6.45) is -2.43. The minimum Gasteiger partial charge on any atom is -0.381 e. The Morgan fingerprint density at radius 3 is 2.63 bits per heavy atom. The van der Waals surface area contributed by atoms with E-state index in [4.69, 9.17) is 11.6 Å². The van der Waals surface area contributed by atoms with Gasteiger partial charge in [-0.15, -0.1) is 0 Å². The Morgan fingerprint density at radius 1 is 1.16 bits per heavy atom. The summed E-state index contributed by atoms with van der Waals surface area (Å²) in [7, 11) is 0. The summed E-state index contributed by atoms with van der Waals surface area (Å²) in [4.78, 5) is 0. The number of hydrogen-bond acceptors (Lipinski definition) is 1. The van der Waals surface area contributed by atoms with Gasteiger partial charge in [0.15, 0.2) is 0 Å². The molecule has 0 atom stereocenters. The molecule has 0 heterocycles. The second-order valence-electron chi connectivity index (χ2n) is 4.36. The van der Waals surface area contributed by atoms with E-state index in [1.54, 1.807) is 12.1 Å². The van der Waals surface area contributed by atoms with E-state index in [0.717, 1.165) is 16.8 Å². The number of aryl methyl sites for hydroxylation is 1. The molecule has 2 aromatic rings. The molecule has 0 saturated carbocycles. The van der Waals surface area contributed by atoms with Crippen LogP contribution in [0.5, 0.6) is 0 Å². The fourth-order valence-corrected chi connectivity index (χ4v) is 2.09. The Bertz CT molecular complexity index is 570. The Morgan fingerprint density at radius 2 is 1.95 bits per heavy atom. The molecule has 1 nitrogen and oxygen atoms in total. The third-order valence-electron chi connectivity index (χ3n) is 2.87. The summed E-state index contributed by atoms with van der Waals surface area (Å²) < 4.78 is 25.2. The van der Waals surface area contributed by atoms with E-state index < -0.39 is 6.43 Å². The van der Waals surface area contributed by atoms with Gasteiger partial charge in [0.05, 0.1) is 0 Å². The maximum absolute atomic E-state index is 12.6. The number of halogens is 3. The predicted octanol–water partition coefficient (Wildman–Crippen LogP) is 5.20. The lowest BCUT2D eigenvalue weighted by molar-refractivity contribution is 0.151. The molecule has 19 heavy (non-hydrogen) atoms. The van der Waals surface area contributed by atoms with Crippen LogP contribution in [0.25, 0.3) is 0 Å². The zero-order chi connectivity index (χ0) is 13.8. The number of hydrogen-bond donors (Lipinski definition) is 1. The van der Waals surface area contributed by atoms with Crippen LogP contribution in [0.3, 0.4) is 0 Å². The molecular weight excluding hydrogens is 268 g/mol. The highest BCUT2D eigenvalue weighted by molar-refractivity contribution is 6.30. The summed E-state index contributed by atoms with van der Waals surface area (Å²) in [5, 5.41) is 3.90. The van der Waals surface area contributed by atoms with Gasteiger partial charge < -0.3 is 5.32 Å². The van der Waals surface area contributed by atoms with Gasteiger partial charge >= 0.3 is 0 Å². The van der Waals surface area contributed by atoms with Crippen LogP contribution >= 0.6 is 11.6 Å². The Hall–Kier alpha value is -1.61. The topological polar surface area (TPSA) is 12.0 Å². The molecule has 0 aliphatic heterocycles. The number of anilines is 1. The average molecular weight is 282 g/mol. The molecule has 1 N–H and O–H groups in total. The van der Waals surface area contributed by atoms with Crippen molar-refractivity contribution in [1.82, 2.24) is 0 Å². The highest BCUT2D eigenvalue weighted by atomic mass is 35.5. The second-order valence-corrected chi connectivity index (χ2v) is 4.79. The van der Waals surface area contributed by atoms with Crippen molar-refractivity contribution in [3.63, 3.8) is 0 Å². The van der Waals surface area contributed by atoms with Crippen LogP contribution in [0.4, 0.5) is 14.5 Å². The van der Waals surface area contributed by atoms with Gasteiger partial charge in [-0.2, -0.15) is 0 Å². The lowest BCUT2D eigenvalue weighted by atomic mass is 10.1. The van der Waals surface area contributed by atoms with Crippen molar-refractivity contribution in [1.29, 1.82) is 0 Å². The number of benzene rings is 2. The van der Waals surface area contributed by atoms with Crippen molar-refractivity contribution in [3.8, 4) is 0 Å². The standard InChI is InChI=1S/C15H14ClF2N/c1-10-7-13(16)5-6-14(10)19-9-11-3-2-4-12(8-11)15(17)18/h2-8,15,19H,9H2,1H3.